The molecule has 1 fully saturated rings. The van der Waals surface area contributed by atoms with Gasteiger partial charge in [0.1, 0.15) is 0 Å². The number of amides is 1. The fraction of sp³-hybridized carbons (Fsp3) is 0.583. The third kappa shape index (κ3) is 3.09. The quantitative estimate of drug-likeness (QED) is 0.911. The van der Waals surface area contributed by atoms with Gasteiger partial charge in [0.15, 0.2) is 0 Å². The van der Waals surface area contributed by atoms with Crippen LogP contribution in [0.25, 0.3) is 0 Å². The molecule has 2 N–H and O–H groups in total. The van der Waals surface area contributed by atoms with Gasteiger partial charge in [-0.25, -0.2) is 0 Å². The summed E-state index contributed by atoms with van der Waals surface area (Å²) >= 11 is 4.88. The van der Waals surface area contributed by atoms with Crippen molar-refractivity contribution in [3.63, 3.8) is 0 Å². The number of thiophene rings is 1. The largest absolute Gasteiger partial charge is 0.338 e. The number of nitrogens with two attached hydrogens (primary N) is 1. The van der Waals surface area contributed by atoms with Gasteiger partial charge in [0.05, 0.1) is 8.66 Å². The molecule has 2 atom stereocenters. The van der Waals surface area contributed by atoms with Crippen LogP contribution in [-0.2, 0) is 0 Å². The second-order valence-electron chi connectivity index (χ2n) is 4.62. The second-order valence-corrected chi connectivity index (χ2v) is 7.08. The summed E-state index contributed by atoms with van der Waals surface area (Å²) in [6, 6.07) is 3.97. The maximum Gasteiger partial charge on any atom is 0.263 e. The second kappa shape index (κ2) is 5.50. The number of hydrogen-bond acceptors (Lipinski definition) is 3. The normalized spacial score (nSPS) is 22.5. The highest BCUT2D eigenvalue weighted by Gasteiger charge is 2.26. The molecule has 1 aliphatic rings. The van der Waals surface area contributed by atoms with E-state index >= 15 is 0 Å². The molecule has 1 amide bonds. The van der Waals surface area contributed by atoms with Crippen LogP contribution in [0.3, 0.4) is 0 Å². The molecule has 0 spiro atoms. The van der Waals surface area contributed by atoms with Gasteiger partial charge in [0.25, 0.3) is 5.91 Å². The lowest BCUT2D eigenvalue weighted by Crippen LogP contribution is -2.44. The van der Waals surface area contributed by atoms with E-state index in [1.807, 2.05) is 24.0 Å². The van der Waals surface area contributed by atoms with Crippen molar-refractivity contribution in [2.24, 2.45) is 11.7 Å². The van der Waals surface area contributed by atoms with Crippen molar-refractivity contribution in [1.29, 1.82) is 0 Å². The average molecular weight is 317 g/mol. The van der Waals surface area contributed by atoms with E-state index in [0.29, 0.717) is 5.92 Å². The Bertz CT molecular complexity index is 405. The van der Waals surface area contributed by atoms with Crippen LogP contribution in [0.4, 0.5) is 0 Å². The molecule has 0 radical (unpaired) electrons. The molecule has 17 heavy (non-hydrogen) atoms. The van der Waals surface area contributed by atoms with Gasteiger partial charge in [-0.2, -0.15) is 0 Å². The van der Waals surface area contributed by atoms with Crippen LogP contribution < -0.4 is 5.73 Å². The Morgan fingerprint density at radius 1 is 1.65 bits per heavy atom. The molecule has 0 saturated carbocycles. The predicted molar refractivity (Wildman–Crippen MR) is 74.3 cm³/mol. The van der Waals surface area contributed by atoms with E-state index in [1.54, 1.807) is 0 Å². The van der Waals surface area contributed by atoms with Crippen molar-refractivity contribution >= 4 is 33.2 Å². The number of halogens is 1. The molecule has 3 nitrogen and oxygen atoms in total. The highest BCUT2D eigenvalue weighted by Crippen LogP contribution is 2.26. The van der Waals surface area contributed by atoms with Crippen LogP contribution in [0.15, 0.2) is 15.9 Å². The zero-order valence-electron chi connectivity index (χ0n) is 9.86. The Hall–Kier alpha value is -0.390. The number of carbonyl (C=O) groups is 1. The topological polar surface area (TPSA) is 46.3 Å². The molecule has 0 bridgehead atoms. The van der Waals surface area contributed by atoms with E-state index < -0.39 is 0 Å². The van der Waals surface area contributed by atoms with Gasteiger partial charge in [-0.3, -0.25) is 4.79 Å². The number of piperidine rings is 1. The van der Waals surface area contributed by atoms with Crippen LogP contribution in [0.2, 0.25) is 0 Å². The average Bonchev–Trinajstić information content (AvgIpc) is 2.75. The van der Waals surface area contributed by atoms with Crippen molar-refractivity contribution in [2.45, 2.75) is 25.8 Å². The number of hydrogen-bond donors (Lipinski definition) is 1. The predicted octanol–water partition coefficient (Wildman–Crippen LogP) is 2.71. The highest BCUT2D eigenvalue weighted by atomic mass is 79.9. The standard InChI is InChI=1S/C12H17BrN2OS/c1-8(14)9-3-2-6-15(7-9)12(16)10-4-5-11(13)17-10/h4-5,8-9H,2-3,6-7,14H2,1H3. The van der Waals surface area contributed by atoms with Crippen LogP contribution in [-0.4, -0.2) is 29.9 Å². The molecule has 0 aliphatic carbocycles. The van der Waals surface area contributed by atoms with Crippen molar-refractivity contribution in [3.05, 3.63) is 20.8 Å². The molecule has 2 heterocycles. The number of carbonyl (C=O) groups excluding carboxylic acids is 1. The fourth-order valence-electron chi connectivity index (χ4n) is 2.21. The first-order valence-electron chi connectivity index (χ1n) is 5.88. The third-order valence-electron chi connectivity index (χ3n) is 3.27. The zero-order valence-corrected chi connectivity index (χ0v) is 12.3. The van der Waals surface area contributed by atoms with Crippen LogP contribution >= 0.6 is 27.3 Å². The van der Waals surface area contributed by atoms with Gasteiger partial charge >= 0.3 is 0 Å². The van der Waals surface area contributed by atoms with Crippen molar-refractivity contribution in [3.8, 4) is 0 Å². The minimum atomic E-state index is 0.144. The van der Waals surface area contributed by atoms with E-state index in [0.717, 1.165) is 34.6 Å². The van der Waals surface area contributed by atoms with Crippen molar-refractivity contribution < 1.29 is 4.79 Å². The minimum absolute atomic E-state index is 0.144. The summed E-state index contributed by atoms with van der Waals surface area (Å²) < 4.78 is 1.00. The molecule has 1 aromatic rings. The van der Waals surface area contributed by atoms with Gasteiger partial charge in [-0.15, -0.1) is 11.3 Å². The minimum Gasteiger partial charge on any atom is -0.338 e. The molecule has 2 rings (SSSR count). The first kappa shape index (κ1) is 13.1. The van der Waals surface area contributed by atoms with E-state index in [9.17, 15) is 4.79 Å². The Morgan fingerprint density at radius 3 is 3.00 bits per heavy atom. The number of nitrogens with zero attached hydrogens (tertiary/aromatic N) is 1. The Morgan fingerprint density at radius 2 is 2.41 bits per heavy atom. The van der Waals surface area contributed by atoms with E-state index in [2.05, 4.69) is 15.9 Å². The summed E-state index contributed by atoms with van der Waals surface area (Å²) in [7, 11) is 0. The summed E-state index contributed by atoms with van der Waals surface area (Å²) in [5.41, 5.74) is 5.93. The Labute approximate surface area is 114 Å². The monoisotopic (exact) mass is 316 g/mol. The fourth-order valence-corrected chi connectivity index (χ4v) is 3.56. The molecule has 1 saturated heterocycles. The molecule has 1 aromatic heterocycles. The first-order chi connectivity index (χ1) is 8.08. The lowest BCUT2D eigenvalue weighted by atomic mass is 9.92. The van der Waals surface area contributed by atoms with Gasteiger partial charge in [0.2, 0.25) is 0 Å². The van der Waals surface area contributed by atoms with Gasteiger partial charge in [0, 0.05) is 19.1 Å². The SMILES string of the molecule is CC(N)C1CCCN(C(=O)c2ccc(Br)s2)C1. The van der Waals surface area contributed by atoms with Gasteiger partial charge in [-0.1, -0.05) is 0 Å². The molecule has 1 aliphatic heterocycles. The van der Waals surface area contributed by atoms with Crippen LogP contribution in [0, 0.1) is 5.92 Å². The lowest BCUT2D eigenvalue weighted by molar-refractivity contribution is 0.0666. The summed E-state index contributed by atoms with van der Waals surface area (Å²) in [6.45, 7) is 3.68. The summed E-state index contributed by atoms with van der Waals surface area (Å²) in [6.07, 6.45) is 2.19. The molecule has 0 aromatic carbocycles. The Kier molecular flexibility index (Phi) is 4.22. The highest BCUT2D eigenvalue weighted by molar-refractivity contribution is 9.11. The maximum absolute atomic E-state index is 12.3. The molecule has 2 unspecified atom stereocenters. The molecular formula is C12H17BrN2OS. The van der Waals surface area contributed by atoms with E-state index in [1.165, 1.54) is 11.3 Å². The molecule has 5 heteroatoms. The number of likely N-dealkylation sites (tertiary alicyclic amines) is 1. The first-order valence-corrected chi connectivity index (χ1v) is 7.49. The van der Waals surface area contributed by atoms with E-state index in [-0.39, 0.29) is 11.9 Å². The summed E-state index contributed by atoms with van der Waals surface area (Å²) in [5, 5.41) is 0. The molecular weight excluding hydrogens is 300 g/mol. The summed E-state index contributed by atoms with van der Waals surface area (Å²) in [4.78, 5) is 15.0. The van der Waals surface area contributed by atoms with Gasteiger partial charge < -0.3 is 10.6 Å². The van der Waals surface area contributed by atoms with Gasteiger partial charge in [-0.05, 0) is 53.7 Å². The van der Waals surface area contributed by atoms with Crippen LogP contribution in [0.1, 0.15) is 29.4 Å². The van der Waals surface area contributed by atoms with E-state index in [4.69, 9.17) is 5.73 Å². The maximum atomic E-state index is 12.3. The van der Waals surface area contributed by atoms with Crippen LogP contribution in [0.5, 0.6) is 0 Å². The summed E-state index contributed by atoms with van der Waals surface area (Å²) in [5.74, 6) is 0.585. The van der Waals surface area contributed by atoms with Crippen molar-refractivity contribution in [2.75, 3.05) is 13.1 Å². The third-order valence-corrected chi connectivity index (χ3v) is 4.88. The smallest absolute Gasteiger partial charge is 0.263 e. The Balaban J connectivity index is 2.04. The number of rotatable bonds is 2. The van der Waals surface area contributed by atoms with Crippen molar-refractivity contribution in [1.82, 2.24) is 4.90 Å². The molecule has 94 valence electrons. The zero-order chi connectivity index (χ0) is 12.4. The lowest BCUT2D eigenvalue weighted by Gasteiger charge is -2.34.